The smallest absolute Gasteiger partial charge is 0.256 e. The summed E-state index contributed by atoms with van der Waals surface area (Å²) in [5.41, 5.74) is 7.39. The lowest BCUT2D eigenvalue weighted by Gasteiger charge is -2.08. The average Bonchev–Trinajstić information content (AvgIpc) is 3.04. The second kappa shape index (κ2) is 7.47. The van der Waals surface area contributed by atoms with E-state index < -0.39 is 5.91 Å². The molecule has 0 saturated heterocycles. The summed E-state index contributed by atoms with van der Waals surface area (Å²) < 4.78 is 5.18. The van der Waals surface area contributed by atoms with Gasteiger partial charge in [0.05, 0.1) is 7.11 Å². The van der Waals surface area contributed by atoms with E-state index in [9.17, 15) is 9.90 Å². The molecule has 0 aliphatic rings. The number of aromatic hydroxyl groups is 1. The zero-order valence-electron chi connectivity index (χ0n) is 14.1. The second-order valence-electron chi connectivity index (χ2n) is 5.56. The van der Waals surface area contributed by atoms with Gasteiger partial charge in [-0.2, -0.15) is 5.10 Å². The second-order valence-corrected chi connectivity index (χ2v) is 5.56. The van der Waals surface area contributed by atoms with Gasteiger partial charge in [0.1, 0.15) is 22.9 Å². The first-order chi connectivity index (χ1) is 12.6. The summed E-state index contributed by atoms with van der Waals surface area (Å²) in [4.78, 5) is 11.9. The molecule has 3 aromatic rings. The summed E-state index contributed by atoms with van der Waals surface area (Å²) in [7, 11) is 1.58. The van der Waals surface area contributed by atoms with Crippen LogP contribution in [0.25, 0.3) is 0 Å². The number of methoxy groups -OCH3 is 1. The van der Waals surface area contributed by atoms with E-state index in [1.807, 2.05) is 18.2 Å². The van der Waals surface area contributed by atoms with Crippen molar-refractivity contribution in [2.75, 3.05) is 17.7 Å². The number of aromatic amines is 1. The first kappa shape index (κ1) is 17.2. The molecule has 0 saturated carbocycles. The van der Waals surface area contributed by atoms with Gasteiger partial charge in [0.15, 0.2) is 5.82 Å². The molecular formula is C18H19N5O3. The van der Waals surface area contributed by atoms with Gasteiger partial charge in [0, 0.05) is 18.3 Å². The van der Waals surface area contributed by atoms with Gasteiger partial charge in [-0.3, -0.25) is 9.89 Å². The van der Waals surface area contributed by atoms with E-state index in [-0.39, 0.29) is 11.3 Å². The highest BCUT2D eigenvalue weighted by Gasteiger charge is 2.18. The van der Waals surface area contributed by atoms with Crippen molar-refractivity contribution in [3.05, 3.63) is 59.7 Å². The molecule has 0 radical (unpaired) electrons. The number of hydrogen-bond donors (Lipinski definition) is 5. The lowest BCUT2D eigenvalue weighted by Crippen LogP contribution is -2.15. The van der Waals surface area contributed by atoms with Crippen LogP contribution in [0.15, 0.2) is 48.5 Å². The largest absolute Gasteiger partial charge is 0.508 e. The first-order valence-corrected chi connectivity index (χ1v) is 7.88. The average molecular weight is 353 g/mol. The van der Waals surface area contributed by atoms with Crippen molar-refractivity contribution in [3.8, 4) is 11.5 Å². The number of carbonyl (C=O) groups is 1. The van der Waals surface area contributed by atoms with Crippen LogP contribution in [-0.4, -0.2) is 28.3 Å². The van der Waals surface area contributed by atoms with Crippen molar-refractivity contribution in [2.24, 2.45) is 5.73 Å². The standard InChI is InChI=1S/C18H19N5O3/c1-26-14-4-2-3-12(9-14)21-18-15(16(19)25)17(22-23-18)20-10-11-5-7-13(24)8-6-11/h2-9,24H,10H2,1H3,(H2,19,25)(H3,20,21,22,23). The lowest BCUT2D eigenvalue weighted by atomic mass is 10.2. The number of carbonyl (C=O) groups excluding carboxylic acids is 1. The van der Waals surface area contributed by atoms with E-state index in [1.54, 1.807) is 37.4 Å². The molecule has 1 heterocycles. The Morgan fingerprint density at radius 1 is 1.27 bits per heavy atom. The minimum absolute atomic E-state index is 0.192. The normalized spacial score (nSPS) is 10.3. The molecule has 6 N–H and O–H groups in total. The van der Waals surface area contributed by atoms with Gasteiger partial charge < -0.3 is 26.2 Å². The van der Waals surface area contributed by atoms with E-state index in [1.165, 1.54) is 0 Å². The van der Waals surface area contributed by atoms with E-state index in [2.05, 4.69) is 20.8 Å². The van der Waals surface area contributed by atoms with Gasteiger partial charge in [-0.05, 0) is 29.8 Å². The number of hydrogen-bond acceptors (Lipinski definition) is 6. The van der Waals surface area contributed by atoms with Crippen molar-refractivity contribution in [3.63, 3.8) is 0 Å². The quantitative estimate of drug-likeness (QED) is 0.444. The summed E-state index contributed by atoms with van der Waals surface area (Å²) in [6.07, 6.45) is 0. The number of rotatable bonds is 7. The molecule has 0 aliphatic carbocycles. The molecule has 8 heteroatoms. The van der Waals surface area contributed by atoms with Crippen LogP contribution in [0.1, 0.15) is 15.9 Å². The molecular weight excluding hydrogens is 334 g/mol. The van der Waals surface area contributed by atoms with Crippen LogP contribution >= 0.6 is 0 Å². The highest BCUT2D eigenvalue weighted by Crippen LogP contribution is 2.26. The highest BCUT2D eigenvalue weighted by molar-refractivity contribution is 6.03. The number of phenols is 1. The van der Waals surface area contributed by atoms with Crippen LogP contribution in [0.5, 0.6) is 11.5 Å². The number of amides is 1. The molecule has 134 valence electrons. The Hall–Kier alpha value is -3.68. The van der Waals surface area contributed by atoms with Crippen LogP contribution in [0.2, 0.25) is 0 Å². The number of nitrogens with two attached hydrogens (primary N) is 1. The maximum atomic E-state index is 11.9. The Bertz CT molecular complexity index is 905. The Balaban J connectivity index is 1.79. The number of H-pyrrole nitrogens is 1. The lowest BCUT2D eigenvalue weighted by molar-refractivity contribution is 0.100. The molecule has 0 bridgehead atoms. The van der Waals surface area contributed by atoms with Gasteiger partial charge in [0.25, 0.3) is 5.91 Å². The fourth-order valence-electron chi connectivity index (χ4n) is 2.44. The van der Waals surface area contributed by atoms with Crippen molar-refractivity contribution >= 4 is 23.2 Å². The minimum Gasteiger partial charge on any atom is -0.508 e. The zero-order valence-corrected chi connectivity index (χ0v) is 14.1. The predicted octanol–water partition coefficient (Wildman–Crippen LogP) is 2.58. The van der Waals surface area contributed by atoms with Crippen molar-refractivity contribution in [1.29, 1.82) is 0 Å². The number of nitrogens with one attached hydrogen (secondary N) is 3. The van der Waals surface area contributed by atoms with Crippen LogP contribution in [0.4, 0.5) is 17.3 Å². The van der Waals surface area contributed by atoms with Crippen LogP contribution < -0.4 is 21.1 Å². The Labute approximate surface area is 150 Å². The molecule has 3 rings (SSSR count). The Morgan fingerprint density at radius 3 is 2.73 bits per heavy atom. The van der Waals surface area contributed by atoms with Gasteiger partial charge in [0.2, 0.25) is 0 Å². The molecule has 1 aromatic heterocycles. The summed E-state index contributed by atoms with van der Waals surface area (Å²) in [6, 6.07) is 14.0. The van der Waals surface area contributed by atoms with E-state index >= 15 is 0 Å². The van der Waals surface area contributed by atoms with Crippen LogP contribution in [0, 0.1) is 0 Å². The van der Waals surface area contributed by atoms with Crippen molar-refractivity contribution in [2.45, 2.75) is 6.54 Å². The third kappa shape index (κ3) is 3.86. The molecule has 8 nitrogen and oxygen atoms in total. The third-order valence-electron chi connectivity index (χ3n) is 3.75. The maximum Gasteiger partial charge on any atom is 0.256 e. The summed E-state index contributed by atoms with van der Waals surface area (Å²) in [5.74, 6) is 0.988. The summed E-state index contributed by atoms with van der Waals surface area (Å²) in [6.45, 7) is 0.432. The number of anilines is 3. The predicted molar refractivity (Wildman–Crippen MR) is 98.8 cm³/mol. The number of ether oxygens (including phenoxy) is 1. The zero-order chi connectivity index (χ0) is 18.5. The van der Waals surface area contributed by atoms with Gasteiger partial charge in [-0.1, -0.05) is 18.2 Å². The molecule has 1 amide bonds. The van der Waals surface area contributed by atoms with Crippen molar-refractivity contribution < 1.29 is 14.6 Å². The fraction of sp³-hybridized carbons (Fsp3) is 0.111. The maximum absolute atomic E-state index is 11.9. The van der Waals surface area contributed by atoms with Crippen LogP contribution in [0.3, 0.4) is 0 Å². The summed E-state index contributed by atoms with van der Waals surface area (Å²) in [5, 5.41) is 22.4. The number of aromatic nitrogens is 2. The van der Waals surface area contributed by atoms with Gasteiger partial charge >= 0.3 is 0 Å². The van der Waals surface area contributed by atoms with Gasteiger partial charge in [-0.15, -0.1) is 0 Å². The number of nitrogens with zero attached hydrogens (tertiary/aromatic N) is 1. The Morgan fingerprint density at radius 2 is 2.04 bits per heavy atom. The van der Waals surface area contributed by atoms with E-state index in [4.69, 9.17) is 10.5 Å². The summed E-state index contributed by atoms with van der Waals surface area (Å²) >= 11 is 0. The number of benzene rings is 2. The number of primary amides is 1. The molecule has 0 spiro atoms. The number of phenolic OH excluding ortho intramolecular Hbond substituents is 1. The van der Waals surface area contributed by atoms with E-state index in [0.29, 0.717) is 29.6 Å². The molecule has 0 aliphatic heterocycles. The molecule has 2 aromatic carbocycles. The van der Waals surface area contributed by atoms with Gasteiger partial charge in [-0.25, -0.2) is 0 Å². The fourth-order valence-corrected chi connectivity index (χ4v) is 2.44. The van der Waals surface area contributed by atoms with E-state index in [0.717, 1.165) is 5.56 Å². The highest BCUT2D eigenvalue weighted by atomic mass is 16.5. The molecule has 26 heavy (non-hydrogen) atoms. The molecule has 0 atom stereocenters. The van der Waals surface area contributed by atoms with Crippen LogP contribution in [-0.2, 0) is 6.54 Å². The third-order valence-corrected chi connectivity index (χ3v) is 3.75. The monoisotopic (exact) mass is 353 g/mol. The molecule has 0 unspecified atom stereocenters. The SMILES string of the molecule is COc1cccc(Nc2n[nH]c(NCc3ccc(O)cc3)c2C(N)=O)c1. The first-order valence-electron chi connectivity index (χ1n) is 7.88. The molecule has 0 fully saturated rings. The Kier molecular flexibility index (Phi) is 4.93. The topological polar surface area (TPSA) is 125 Å². The minimum atomic E-state index is -0.614. The van der Waals surface area contributed by atoms with Crippen molar-refractivity contribution in [1.82, 2.24) is 10.2 Å².